The summed E-state index contributed by atoms with van der Waals surface area (Å²) >= 11 is 0. The number of rotatable bonds is 10. The lowest BCUT2D eigenvalue weighted by molar-refractivity contribution is -0.137. The second-order valence-corrected chi connectivity index (χ2v) is 5.33. The minimum atomic E-state index is -0.919. The smallest absolute Gasteiger partial charge is 0.304 e. The van der Waals surface area contributed by atoms with Crippen molar-refractivity contribution >= 4 is 11.8 Å². The number of carboxylic acid groups (broad SMARTS) is 1. The lowest BCUT2D eigenvalue weighted by Crippen LogP contribution is -2.35. The molecule has 1 unspecified atom stereocenters. The van der Waals surface area contributed by atoms with Crippen molar-refractivity contribution in [1.82, 2.24) is 4.90 Å². The van der Waals surface area contributed by atoms with Crippen LogP contribution in [0.1, 0.15) is 43.5 Å². The van der Waals surface area contributed by atoms with Crippen molar-refractivity contribution in [3.05, 3.63) is 35.9 Å². The molecule has 0 aliphatic heterocycles. The van der Waals surface area contributed by atoms with Crippen LogP contribution in [0.25, 0.3) is 0 Å². The van der Waals surface area contributed by atoms with Gasteiger partial charge in [-0.1, -0.05) is 44.2 Å². The highest BCUT2D eigenvalue weighted by molar-refractivity contribution is 5.99. The van der Waals surface area contributed by atoms with Crippen molar-refractivity contribution in [2.24, 2.45) is 5.92 Å². The molecule has 1 atom stereocenters. The van der Waals surface area contributed by atoms with Gasteiger partial charge in [0.1, 0.15) is 0 Å². The Bertz CT molecular complexity index is 439. The van der Waals surface area contributed by atoms with Gasteiger partial charge in [0.05, 0.1) is 6.42 Å². The third-order valence-electron chi connectivity index (χ3n) is 3.41. The number of carbonyl (C=O) groups excluding carboxylic acids is 1. The Morgan fingerprint density at radius 3 is 2.14 bits per heavy atom. The Hall–Kier alpha value is -1.68. The van der Waals surface area contributed by atoms with Crippen LogP contribution in [0.2, 0.25) is 0 Å². The number of ketones is 1. The van der Waals surface area contributed by atoms with Crippen LogP contribution in [0.4, 0.5) is 0 Å². The summed E-state index contributed by atoms with van der Waals surface area (Å²) in [6.07, 6.45) is 1.89. The van der Waals surface area contributed by atoms with Gasteiger partial charge in [-0.15, -0.1) is 0 Å². The summed E-state index contributed by atoms with van der Waals surface area (Å²) in [4.78, 5) is 25.8. The number of aliphatic carboxylic acids is 1. The van der Waals surface area contributed by atoms with Crippen molar-refractivity contribution in [2.45, 2.75) is 33.1 Å². The minimum Gasteiger partial charge on any atom is -0.481 e. The second kappa shape index (κ2) is 9.29. The normalized spacial score (nSPS) is 12.3. The standard InChI is InChI=1S/C17H25NO3/c1-3-10-18(11-4-2)13-15(12-16(19)20)17(21)14-8-6-5-7-9-14/h5-9,15H,3-4,10-13H2,1-2H3,(H,19,20). The fourth-order valence-electron chi connectivity index (χ4n) is 2.53. The van der Waals surface area contributed by atoms with Crippen molar-refractivity contribution in [1.29, 1.82) is 0 Å². The van der Waals surface area contributed by atoms with Crippen molar-refractivity contribution in [3.8, 4) is 0 Å². The second-order valence-electron chi connectivity index (χ2n) is 5.33. The van der Waals surface area contributed by atoms with Gasteiger partial charge in [-0.25, -0.2) is 0 Å². The number of carboxylic acids is 1. The summed E-state index contributed by atoms with van der Waals surface area (Å²) in [6.45, 7) is 6.49. The maximum Gasteiger partial charge on any atom is 0.304 e. The Morgan fingerprint density at radius 1 is 1.10 bits per heavy atom. The summed E-state index contributed by atoms with van der Waals surface area (Å²) in [5.74, 6) is -1.48. The average molecular weight is 291 g/mol. The molecule has 1 aromatic rings. The summed E-state index contributed by atoms with van der Waals surface area (Å²) in [7, 11) is 0. The number of carbonyl (C=O) groups is 2. The monoisotopic (exact) mass is 291 g/mol. The number of hydrogen-bond donors (Lipinski definition) is 1. The van der Waals surface area contributed by atoms with E-state index < -0.39 is 11.9 Å². The largest absolute Gasteiger partial charge is 0.481 e. The van der Waals surface area contributed by atoms with Gasteiger partial charge in [-0.3, -0.25) is 9.59 Å². The molecule has 0 aromatic heterocycles. The van der Waals surface area contributed by atoms with Crippen molar-refractivity contribution in [2.75, 3.05) is 19.6 Å². The Labute approximate surface area is 126 Å². The molecule has 4 nitrogen and oxygen atoms in total. The van der Waals surface area contributed by atoms with Gasteiger partial charge in [0.15, 0.2) is 5.78 Å². The molecule has 1 N–H and O–H groups in total. The molecule has 116 valence electrons. The fourth-order valence-corrected chi connectivity index (χ4v) is 2.53. The average Bonchev–Trinajstić information content (AvgIpc) is 2.47. The summed E-state index contributed by atoms with van der Waals surface area (Å²) in [5.41, 5.74) is 0.594. The zero-order chi connectivity index (χ0) is 15.7. The zero-order valence-electron chi connectivity index (χ0n) is 12.9. The number of hydrogen-bond acceptors (Lipinski definition) is 3. The lowest BCUT2D eigenvalue weighted by Gasteiger charge is -2.25. The van der Waals surface area contributed by atoms with Crippen molar-refractivity contribution in [3.63, 3.8) is 0 Å². The predicted molar refractivity (Wildman–Crippen MR) is 83.5 cm³/mol. The first kappa shape index (κ1) is 17.4. The van der Waals surface area contributed by atoms with Crippen LogP contribution in [-0.2, 0) is 4.79 Å². The zero-order valence-corrected chi connectivity index (χ0v) is 12.9. The third-order valence-corrected chi connectivity index (χ3v) is 3.41. The maximum absolute atomic E-state index is 12.5. The number of nitrogens with zero attached hydrogens (tertiary/aromatic N) is 1. The van der Waals surface area contributed by atoms with E-state index in [4.69, 9.17) is 5.11 Å². The molecule has 0 aliphatic carbocycles. The Kier molecular flexibility index (Phi) is 7.69. The van der Waals surface area contributed by atoms with E-state index in [0.717, 1.165) is 25.9 Å². The first-order valence-corrected chi connectivity index (χ1v) is 7.61. The highest BCUT2D eigenvalue weighted by Crippen LogP contribution is 2.15. The van der Waals surface area contributed by atoms with E-state index >= 15 is 0 Å². The molecular weight excluding hydrogens is 266 g/mol. The van der Waals surface area contributed by atoms with Gasteiger partial charge >= 0.3 is 5.97 Å². The first-order valence-electron chi connectivity index (χ1n) is 7.61. The van der Waals surface area contributed by atoms with Crippen LogP contribution >= 0.6 is 0 Å². The van der Waals surface area contributed by atoms with Gasteiger partial charge < -0.3 is 10.0 Å². The number of Topliss-reactive ketones (excluding diaryl/α,β-unsaturated/α-hetero) is 1. The minimum absolute atomic E-state index is 0.0739. The fraction of sp³-hybridized carbons (Fsp3) is 0.529. The molecule has 1 aromatic carbocycles. The van der Waals surface area contributed by atoms with E-state index in [2.05, 4.69) is 18.7 Å². The van der Waals surface area contributed by atoms with Gasteiger partial charge in [0.25, 0.3) is 0 Å². The van der Waals surface area contributed by atoms with Gasteiger partial charge in [-0.2, -0.15) is 0 Å². The van der Waals surface area contributed by atoms with Crippen LogP contribution < -0.4 is 0 Å². The molecule has 0 amide bonds. The highest BCUT2D eigenvalue weighted by Gasteiger charge is 2.25. The van der Waals surface area contributed by atoms with Crippen LogP contribution in [0.5, 0.6) is 0 Å². The molecule has 1 rings (SSSR count). The van der Waals surface area contributed by atoms with Gasteiger partial charge in [-0.05, 0) is 25.9 Å². The highest BCUT2D eigenvalue weighted by atomic mass is 16.4. The molecule has 0 saturated carbocycles. The molecular formula is C17H25NO3. The predicted octanol–water partition coefficient (Wildman–Crippen LogP) is 3.08. The van der Waals surface area contributed by atoms with E-state index in [-0.39, 0.29) is 12.2 Å². The third kappa shape index (κ3) is 6.08. The van der Waals surface area contributed by atoms with Gasteiger partial charge in [0, 0.05) is 18.0 Å². The summed E-state index contributed by atoms with van der Waals surface area (Å²) < 4.78 is 0. The van der Waals surface area contributed by atoms with Crippen LogP contribution in [0, 0.1) is 5.92 Å². The van der Waals surface area contributed by atoms with Crippen LogP contribution in [0.3, 0.4) is 0 Å². The van der Waals surface area contributed by atoms with Gasteiger partial charge in [0.2, 0.25) is 0 Å². The SMILES string of the molecule is CCCN(CCC)CC(CC(=O)O)C(=O)c1ccccc1. The molecule has 0 radical (unpaired) electrons. The van der Waals surface area contributed by atoms with Crippen molar-refractivity contribution < 1.29 is 14.7 Å². The summed E-state index contributed by atoms with van der Waals surface area (Å²) in [5, 5.41) is 9.08. The number of benzene rings is 1. The van der Waals surface area contributed by atoms with E-state index in [9.17, 15) is 9.59 Å². The molecule has 0 bridgehead atoms. The van der Waals surface area contributed by atoms with E-state index in [0.29, 0.717) is 12.1 Å². The molecule has 4 heteroatoms. The van der Waals surface area contributed by atoms with E-state index in [1.807, 2.05) is 6.07 Å². The molecule has 0 heterocycles. The van der Waals surface area contributed by atoms with Crippen LogP contribution in [0.15, 0.2) is 30.3 Å². The maximum atomic E-state index is 12.5. The molecule has 0 aliphatic rings. The molecule has 21 heavy (non-hydrogen) atoms. The molecule has 0 fully saturated rings. The topological polar surface area (TPSA) is 57.6 Å². The Balaban J connectivity index is 2.83. The molecule has 0 saturated heterocycles. The lowest BCUT2D eigenvalue weighted by atomic mass is 9.94. The van der Waals surface area contributed by atoms with E-state index in [1.165, 1.54) is 0 Å². The summed E-state index contributed by atoms with van der Waals surface area (Å²) in [6, 6.07) is 8.97. The van der Waals surface area contributed by atoms with E-state index in [1.54, 1.807) is 24.3 Å². The first-order chi connectivity index (χ1) is 10.1. The van der Waals surface area contributed by atoms with Crippen LogP contribution in [-0.4, -0.2) is 41.4 Å². The Morgan fingerprint density at radius 2 is 1.67 bits per heavy atom. The quantitative estimate of drug-likeness (QED) is 0.673. The molecule has 0 spiro atoms.